The highest BCUT2D eigenvalue weighted by molar-refractivity contribution is 6.29. The number of nitrogens with zero attached hydrogens (tertiary/aromatic N) is 6. The van der Waals surface area contributed by atoms with Gasteiger partial charge in [-0.1, -0.05) is 29.0 Å². The van der Waals surface area contributed by atoms with Crippen LogP contribution in [0.3, 0.4) is 0 Å². The van der Waals surface area contributed by atoms with Crippen molar-refractivity contribution in [3.05, 3.63) is 75.6 Å². The summed E-state index contributed by atoms with van der Waals surface area (Å²) in [5.74, 6) is -5.25. The first-order chi connectivity index (χ1) is 17.2. The van der Waals surface area contributed by atoms with Crippen LogP contribution in [0.4, 0.5) is 20.3 Å². The van der Waals surface area contributed by atoms with Crippen molar-refractivity contribution < 1.29 is 18.7 Å². The second kappa shape index (κ2) is 10.5. The molecule has 0 bridgehead atoms. The molecule has 2 aromatic heterocycles. The third-order valence-corrected chi connectivity index (χ3v) is 5.40. The molecule has 0 unspecified atom stereocenters. The molecule has 0 radical (unpaired) electrons. The van der Waals surface area contributed by atoms with E-state index in [2.05, 4.69) is 36.5 Å². The van der Waals surface area contributed by atoms with Gasteiger partial charge in [-0.25, -0.2) is 9.99 Å². The maximum Gasteiger partial charge on any atom is 0.310 e. The van der Waals surface area contributed by atoms with Crippen LogP contribution in [0.1, 0.15) is 11.3 Å². The summed E-state index contributed by atoms with van der Waals surface area (Å²) in [5, 5.41) is 23.6. The largest absolute Gasteiger partial charge is 0.506 e. The molecule has 0 fully saturated rings. The van der Waals surface area contributed by atoms with Crippen molar-refractivity contribution in [2.24, 2.45) is 10.3 Å². The van der Waals surface area contributed by atoms with Crippen molar-refractivity contribution in [3.63, 3.8) is 0 Å². The molecular weight excluding hydrogens is 500 g/mol. The lowest BCUT2D eigenvalue weighted by Crippen LogP contribution is -2.35. The van der Waals surface area contributed by atoms with Crippen LogP contribution in [0.5, 0.6) is 5.75 Å². The van der Waals surface area contributed by atoms with Gasteiger partial charge in [0, 0.05) is 12.7 Å². The van der Waals surface area contributed by atoms with Crippen molar-refractivity contribution in [3.8, 4) is 5.75 Å². The van der Waals surface area contributed by atoms with Gasteiger partial charge in [0.2, 0.25) is 5.91 Å². The van der Waals surface area contributed by atoms with Crippen LogP contribution < -0.4 is 26.7 Å². The second-order valence-corrected chi connectivity index (χ2v) is 7.99. The summed E-state index contributed by atoms with van der Waals surface area (Å²) in [6.07, 6.45) is 2.18. The molecule has 0 aliphatic carbocycles. The Kier molecular flexibility index (Phi) is 7.24. The number of amides is 1. The smallest absolute Gasteiger partial charge is 0.310 e. The Morgan fingerprint density at radius 2 is 2.00 bits per heavy atom. The van der Waals surface area contributed by atoms with Crippen molar-refractivity contribution in [1.82, 2.24) is 25.4 Å². The standard InChI is InChI=1S/C21H20ClF2N9O3/c22-16-9-27-19(28-11-21(23,24)18-15(34)2-1-7-25-18)20(36)32(16)10-17(35)26-8-13-3-5-14(6-4-13)33-12-29-30-31-33/h1-7,9,34H,8,10-12H2,(H,26,35)(H,27,28)(H,29,31). The maximum atomic E-state index is 14.5. The summed E-state index contributed by atoms with van der Waals surface area (Å²) in [6, 6.07) is 9.65. The van der Waals surface area contributed by atoms with E-state index in [1.165, 1.54) is 6.07 Å². The van der Waals surface area contributed by atoms with Gasteiger partial charge in [-0.15, -0.1) is 5.11 Å². The highest BCUT2D eigenvalue weighted by Gasteiger charge is 2.36. The Morgan fingerprint density at radius 3 is 2.69 bits per heavy atom. The number of carbonyl (C=O) groups is 1. The molecular formula is C21H20ClF2N9O3. The first-order valence-electron chi connectivity index (χ1n) is 10.5. The molecule has 12 nitrogen and oxygen atoms in total. The molecule has 4 rings (SSSR count). The van der Waals surface area contributed by atoms with E-state index in [1.807, 2.05) is 24.3 Å². The predicted molar refractivity (Wildman–Crippen MR) is 125 cm³/mol. The summed E-state index contributed by atoms with van der Waals surface area (Å²) >= 11 is 6.02. The highest BCUT2D eigenvalue weighted by atomic mass is 35.5. The lowest BCUT2D eigenvalue weighted by atomic mass is 10.2. The average Bonchev–Trinajstić information content (AvgIpc) is 3.40. The van der Waals surface area contributed by atoms with Crippen LogP contribution in [-0.4, -0.2) is 38.8 Å². The van der Waals surface area contributed by atoms with E-state index in [0.717, 1.165) is 34.3 Å². The van der Waals surface area contributed by atoms with Gasteiger partial charge in [0.1, 0.15) is 17.4 Å². The van der Waals surface area contributed by atoms with Gasteiger partial charge in [0.05, 0.1) is 18.4 Å². The van der Waals surface area contributed by atoms with Gasteiger partial charge in [0.25, 0.3) is 5.56 Å². The van der Waals surface area contributed by atoms with Crippen molar-refractivity contribution in [2.45, 2.75) is 19.0 Å². The molecule has 4 N–H and O–H groups in total. The molecule has 1 aliphatic heterocycles. The number of aromatic hydroxyl groups is 1. The zero-order valence-corrected chi connectivity index (χ0v) is 19.3. The van der Waals surface area contributed by atoms with Crippen LogP contribution >= 0.6 is 11.6 Å². The minimum atomic E-state index is -3.61. The lowest BCUT2D eigenvalue weighted by molar-refractivity contribution is -0.121. The molecule has 1 aliphatic rings. The van der Waals surface area contributed by atoms with Gasteiger partial charge in [-0.3, -0.25) is 19.1 Å². The van der Waals surface area contributed by atoms with Gasteiger partial charge >= 0.3 is 5.92 Å². The number of carbonyl (C=O) groups excluding carboxylic acids is 1. The Bertz CT molecular complexity index is 1330. The Hall–Kier alpha value is -4.33. The Morgan fingerprint density at radius 1 is 1.22 bits per heavy atom. The summed E-state index contributed by atoms with van der Waals surface area (Å²) in [7, 11) is 0. The molecule has 1 amide bonds. The lowest BCUT2D eigenvalue weighted by Gasteiger charge is -2.18. The number of halogens is 3. The molecule has 36 heavy (non-hydrogen) atoms. The van der Waals surface area contributed by atoms with Crippen LogP contribution in [0, 0.1) is 0 Å². The maximum absolute atomic E-state index is 14.5. The number of rotatable bonds is 9. The first-order valence-corrected chi connectivity index (χ1v) is 10.9. The van der Waals surface area contributed by atoms with E-state index in [0.29, 0.717) is 6.67 Å². The monoisotopic (exact) mass is 519 g/mol. The Labute approximate surface area is 207 Å². The van der Waals surface area contributed by atoms with E-state index in [4.69, 9.17) is 11.6 Å². The van der Waals surface area contributed by atoms with Gasteiger partial charge in [-0.2, -0.15) is 14.3 Å². The Balaban J connectivity index is 1.37. The van der Waals surface area contributed by atoms with Crippen molar-refractivity contribution >= 4 is 29.0 Å². The number of nitrogens with one attached hydrogen (secondary N) is 3. The number of hydrazine groups is 1. The normalized spacial score (nSPS) is 12.9. The number of alkyl halides is 2. The first kappa shape index (κ1) is 24.8. The zero-order valence-electron chi connectivity index (χ0n) is 18.5. The summed E-state index contributed by atoms with van der Waals surface area (Å²) < 4.78 is 29.8. The number of hydrogen-bond donors (Lipinski definition) is 4. The summed E-state index contributed by atoms with van der Waals surface area (Å²) in [6.45, 7) is -0.953. The second-order valence-electron chi connectivity index (χ2n) is 7.60. The zero-order chi connectivity index (χ0) is 25.7. The fraction of sp³-hybridized carbons (Fsp3) is 0.238. The van der Waals surface area contributed by atoms with Gasteiger partial charge in [0.15, 0.2) is 18.2 Å². The minimum absolute atomic E-state index is 0.145. The number of benzene rings is 1. The quantitative estimate of drug-likeness (QED) is 0.336. The molecule has 3 heterocycles. The van der Waals surface area contributed by atoms with E-state index in [9.17, 15) is 23.5 Å². The van der Waals surface area contributed by atoms with Crippen LogP contribution in [0.25, 0.3) is 0 Å². The minimum Gasteiger partial charge on any atom is -0.506 e. The van der Waals surface area contributed by atoms with Crippen molar-refractivity contribution in [1.29, 1.82) is 0 Å². The molecule has 1 aromatic carbocycles. The topological polar surface area (TPSA) is 149 Å². The van der Waals surface area contributed by atoms with Crippen LogP contribution in [-0.2, 0) is 23.8 Å². The molecule has 0 spiro atoms. The highest BCUT2D eigenvalue weighted by Crippen LogP contribution is 2.32. The third-order valence-electron chi connectivity index (χ3n) is 5.10. The number of anilines is 2. The number of pyridine rings is 1. The SMILES string of the molecule is O=C(Cn1c(Cl)cnc(NCC(F)(F)c2ncccc2O)c1=O)NCc1ccc(N2CN=NN2)cc1. The fourth-order valence-electron chi connectivity index (χ4n) is 3.24. The van der Waals surface area contributed by atoms with Gasteiger partial charge < -0.3 is 15.7 Å². The van der Waals surface area contributed by atoms with Crippen molar-refractivity contribution in [2.75, 3.05) is 23.5 Å². The molecule has 0 atom stereocenters. The van der Waals surface area contributed by atoms with Crippen LogP contribution in [0.15, 0.2) is 63.9 Å². The third kappa shape index (κ3) is 5.66. The number of aromatic nitrogens is 3. The average molecular weight is 520 g/mol. The van der Waals surface area contributed by atoms with E-state index in [1.54, 1.807) is 5.01 Å². The van der Waals surface area contributed by atoms with E-state index < -0.39 is 47.7 Å². The fourth-order valence-corrected chi connectivity index (χ4v) is 3.42. The predicted octanol–water partition coefficient (Wildman–Crippen LogP) is 2.17. The summed E-state index contributed by atoms with van der Waals surface area (Å²) in [5.41, 5.74) is 2.66. The molecule has 188 valence electrons. The molecule has 15 heteroatoms. The van der Waals surface area contributed by atoms with E-state index >= 15 is 0 Å². The van der Waals surface area contributed by atoms with Crippen LogP contribution in [0.2, 0.25) is 5.15 Å². The number of hydrogen-bond acceptors (Lipinski definition) is 10. The summed E-state index contributed by atoms with van der Waals surface area (Å²) in [4.78, 5) is 32.4. The van der Waals surface area contributed by atoms with E-state index in [-0.39, 0.29) is 11.7 Å². The molecule has 0 saturated heterocycles. The molecule has 3 aromatic rings. The molecule has 0 saturated carbocycles. The van der Waals surface area contributed by atoms with Gasteiger partial charge in [-0.05, 0) is 29.8 Å².